The molecule has 2 heterocycles. The van der Waals surface area contributed by atoms with E-state index >= 15 is 0 Å². The van der Waals surface area contributed by atoms with Crippen LogP contribution < -0.4 is 5.69 Å². The number of alkyl halides is 1. The van der Waals surface area contributed by atoms with Crippen LogP contribution in [0.15, 0.2) is 23.0 Å². The second kappa shape index (κ2) is 4.93. The van der Waals surface area contributed by atoms with Gasteiger partial charge in [-0.2, -0.15) is 0 Å². The summed E-state index contributed by atoms with van der Waals surface area (Å²) in [6, 6.07) is 5.26. The van der Waals surface area contributed by atoms with Crippen molar-refractivity contribution in [2.75, 3.05) is 5.75 Å². The second-order valence-corrected chi connectivity index (χ2v) is 8.00. The zero-order valence-corrected chi connectivity index (χ0v) is 12.3. The Morgan fingerprint density at radius 3 is 2.70 bits per heavy atom. The van der Waals surface area contributed by atoms with Crippen molar-refractivity contribution in [1.29, 1.82) is 0 Å². The predicted molar refractivity (Wildman–Crippen MR) is 78.9 cm³/mol. The number of halogens is 1. The van der Waals surface area contributed by atoms with Crippen LogP contribution in [0.5, 0.6) is 0 Å². The van der Waals surface area contributed by atoms with Crippen LogP contribution in [0.3, 0.4) is 0 Å². The van der Waals surface area contributed by atoms with Crippen molar-refractivity contribution < 1.29 is 8.42 Å². The monoisotopic (exact) mass is 314 g/mol. The molecule has 7 heteroatoms. The molecule has 5 nitrogen and oxygen atoms in total. The fraction of sp³-hybridized carbons (Fsp3) is 0.462. The van der Waals surface area contributed by atoms with Crippen molar-refractivity contribution in [3.63, 3.8) is 0 Å². The number of hydrogen-bond donors (Lipinski definition) is 2. The third-order valence-corrected chi connectivity index (χ3v) is 6.81. The molecule has 2 aromatic rings. The molecule has 1 saturated heterocycles. The van der Waals surface area contributed by atoms with E-state index in [2.05, 4.69) is 9.97 Å². The van der Waals surface area contributed by atoms with Crippen molar-refractivity contribution >= 4 is 32.5 Å². The zero-order chi connectivity index (χ0) is 14.3. The first-order valence-electron chi connectivity index (χ1n) is 6.55. The van der Waals surface area contributed by atoms with Gasteiger partial charge >= 0.3 is 5.69 Å². The van der Waals surface area contributed by atoms with Gasteiger partial charge in [0.1, 0.15) is 0 Å². The van der Waals surface area contributed by atoms with Crippen molar-refractivity contribution in [2.24, 2.45) is 0 Å². The third-order valence-electron chi connectivity index (χ3n) is 3.81. The standard InChI is InChI=1S/C13H15ClN2O3S/c14-12(11-3-1-2-6-20(11,18)19)8-4-5-9-10(7-8)16-13(17)15-9/h4-5,7,11-12H,1-3,6H2,(H2,15,16,17). The third kappa shape index (κ3) is 2.38. The number of fused-ring (bicyclic) bond motifs is 1. The van der Waals surface area contributed by atoms with Crippen LogP contribution in [0.1, 0.15) is 30.2 Å². The van der Waals surface area contributed by atoms with E-state index in [4.69, 9.17) is 11.6 Å². The van der Waals surface area contributed by atoms with E-state index in [1.165, 1.54) is 0 Å². The molecule has 1 aromatic carbocycles. The molecule has 0 aliphatic carbocycles. The van der Waals surface area contributed by atoms with E-state index in [9.17, 15) is 13.2 Å². The number of benzene rings is 1. The van der Waals surface area contributed by atoms with Gasteiger partial charge in [0.2, 0.25) is 0 Å². The molecule has 1 aliphatic rings. The van der Waals surface area contributed by atoms with E-state index in [1.54, 1.807) is 18.2 Å². The number of aromatic amines is 2. The van der Waals surface area contributed by atoms with Gasteiger partial charge in [0.15, 0.2) is 9.84 Å². The highest BCUT2D eigenvalue weighted by Gasteiger charge is 2.35. The van der Waals surface area contributed by atoms with Gasteiger partial charge in [-0.3, -0.25) is 0 Å². The number of hydrogen-bond acceptors (Lipinski definition) is 3. The number of H-pyrrole nitrogens is 2. The predicted octanol–water partition coefficient (Wildman–Crippen LogP) is 2.10. The number of nitrogens with one attached hydrogen (secondary N) is 2. The molecule has 1 aliphatic heterocycles. The van der Waals surface area contributed by atoms with Crippen LogP contribution in [0.4, 0.5) is 0 Å². The summed E-state index contributed by atoms with van der Waals surface area (Å²) in [5.74, 6) is 0.212. The second-order valence-electron chi connectivity index (χ2n) is 5.19. The van der Waals surface area contributed by atoms with E-state index in [0.29, 0.717) is 23.9 Å². The van der Waals surface area contributed by atoms with Crippen molar-refractivity contribution in [3.8, 4) is 0 Å². The highest BCUT2D eigenvalue weighted by Crippen LogP contribution is 2.35. The van der Waals surface area contributed by atoms with Crippen LogP contribution in [-0.2, 0) is 9.84 Å². The lowest BCUT2D eigenvalue weighted by Gasteiger charge is -2.26. The van der Waals surface area contributed by atoms with Gasteiger partial charge in [0, 0.05) is 0 Å². The van der Waals surface area contributed by atoms with Gasteiger partial charge in [-0.05, 0) is 30.5 Å². The lowest BCUT2D eigenvalue weighted by atomic mass is 10.0. The van der Waals surface area contributed by atoms with Gasteiger partial charge in [-0.25, -0.2) is 13.2 Å². The molecule has 2 N–H and O–H groups in total. The average Bonchev–Trinajstić information content (AvgIpc) is 2.76. The van der Waals surface area contributed by atoms with Gasteiger partial charge in [0.25, 0.3) is 0 Å². The molecule has 2 unspecified atom stereocenters. The fourth-order valence-corrected chi connectivity index (χ4v) is 5.43. The fourth-order valence-electron chi connectivity index (χ4n) is 2.74. The van der Waals surface area contributed by atoms with Gasteiger partial charge in [-0.1, -0.05) is 12.5 Å². The molecule has 20 heavy (non-hydrogen) atoms. The van der Waals surface area contributed by atoms with Crippen molar-refractivity contribution in [2.45, 2.75) is 29.9 Å². The van der Waals surface area contributed by atoms with Gasteiger partial charge in [-0.15, -0.1) is 11.6 Å². The lowest BCUT2D eigenvalue weighted by molar-refractivity contribution is 0.534. The Morgan fingerprint density at radius 2 is 1.95 bits per heavy atom. The number of rotatable bonds is 2. The Morgan fingerprint density at radius 1 is 1.20 bits per heavy atom. The van der Waals surface area contributed by atoms with E-state index in [1.807, 2.05) is 0 Å². The van der Waals surface area contributed by atoms with Gasteiger partial charge < -0.3 is 9.97 Å². The Bertz CT molecular complexity index is 793. The van der Waals surface area contributed by atoms with Crippen molar-refractivity contribution in [1.82, 2.24) is 9.97 Å². The smallest absolute Gasteiger partial charge is 0.306 e. The first-order valence-corrected chi connectivity index (χ1v) is 8.70. The molecule has 0 spiro atoms. The van der Waals surface area contributed by atoms with Crippen LogP contribution >= 0.6 is 11.6 Å². The summed E-state index contributed by atoms with van der Waals surface area (Å²) in [5.41, 5.74) is 1.78. The van der Waals surface area contributed by atoms with Crippen LogP contribution in [0.25, 0.3) is 11.0 Å². The molecular weight excluding hydrogens is 300 g/mol. The summed E-state index contributed by atoms with van der Waals surface area (Å²) < 4.78 is 24.2. The average molecular weight is 315 g/mol. The minimum Gasteiger partial charge on any atom is -0.306 e. The minimum absolute atomic E-state index is 0.212. The highest BCUT2D eigenvalue weighted by atomic mass is 35.5. The molecule has 0 radical (unpaired) electrons. The maximum atomic E-state index is 12.1. The summed E-state index contributed by atoms with van der Waals surface area (Å²) >= 11 is 6.40. The molecule has 2 atom stereocenters. The normalized spacial score (nSPS) is 23.8. The minimum atomic E-state index is -3.13. The number of imidazole rings is 1. The first-order chi connectivity index (χ1) is 9.47. The molecule has 108 valence electrons. The first kappa shape index (κ1) is 13.7. The lowest BCUT2D eigenvalue weighted by Crippen LogP contribution is -2.31. The van der Waals surface area contributed by atoms with Crippen LogP contribution in [0.2, 0.25) is 0 Å². The van der Waals surface area contributed by atoms with Crippen LogP contribution in [0, 0.1) is 0 Å². The Balaban J connectivity index is 1.99. The largest absolute Gasteiger partial charge is 0.323 e. The summed E-state index contributed by atoms with van der Waals surface area (Å²) in [6.45, 7) is 0. The molecule has 1 aromatic heterocycles. The molecule has 0 amide bonds. The Labute approximate surface area is 121 Å². The number of sulfone groups is 1. The topological polar surface area (TPSA) is 82.8 Å². The van der Waals surface area contributed by atoms with Crippen LogP contribution in [-0.4, -0.2) is 29.4 Å². The summed E-state index contributed by atoms with van der Waals surface area (Å²) in [7, 11) is -3.13. The summed E-state index contributed by atoms with van der Waals surface area (Å²) in [6.07, 6.45) is 2.20. The van der Waals surface area contributed by atoms with E-state index < -0.39 is 20.5 Å². The molecule has 3 rings (SSSR count). The maximum Gasteiger partial charge on any atom is 0.323 e. The van der Waals surface area contributed by atoms with E-state index in [-0.39, 0.29) is 11.4 Å². The molecule has 0 bridgehead atoms. The van der Waals surface area contributed by atoms with E-state index in [0.717, 1.165) is 12.0 Å². The number of aromatic nitrogens is 2. The zero-order valence-electron chi connectivity index (χ0n) is 10.7. The maximum absolute atomic E-state index is 12.1. The quantitative estimate of drug-likeness (QED) is 0.833. The Hall–Kier alpha value is -1.27. The SMILES string of the molecule is O=c1[nH]c2ccc(C(Cl)C3CCCCS3(=O)=O)cc2[nH]1. The highest BCUT2D eigenvalue weighted by molar-refractivity contribution is 7.92. The van der Waals surface area contributed by atoms with Crippen molar-refractivity contribution in [3.05, 3.63) is 34.2 Å². The molecular formula is C13H15ClN2O3S. The summed E-state index contributed by atoms with van der Waals surface area (Å²) in [5, 5.41) is -1.12. The molecule has 1 fully saturated rings. The van der Waals surface area contributed by atoms with Gasteiger partial charge in [0.05, 0.1) is 27.4 Å². The molecule has 0 saturated carbocycles. The Kier molecular flexibility index (Phi) is 3.38. The summed E-state index contributed by atoms with van der Waals surface area (Å²) in [4.78, 5) is 16.5.